The quantitative estimate of drug-likeness (QED) is 0.888. The summed E-state index contributed by atoms with van der Waals surface area (Å²) >= 11 is 3.69. The molecule has 0 aliphatic carbocycles. The SMILES string of the molecule is CCNCc1ccc(N2CCC(C)C(OC)C2)cc1Br. The first-order chi connectivity index (χ1) is 9.65. The van der Waals surface area contributed by atoms with Gasteiger partial charge in [0.1, 0.15) is 0 Å². The average Bonchev–Trinajstić information content (AvgIpc) is 2.46. The number of nitrogens with one attached hydrogen (secondary N) is 1. The Morgan fingerprint density at radius 1 is 1.45 bits per heavy atom. The zero-order valence-corrected chi connectivity index (χ0v) is 14.2. The lowest BCUT2D eigenvalue weighted by molar-refractivity contribution is 0.0498. The Morgan fingerprint density at radius 2 is 2.25 bits per heavy atom. The van der Waals surface area contributed by atoms with Gasteiger partial charge in [-0.15, -0.1) is 0 Å². The first kappa shape index (κ1) is 15.8. The van der Waals surface area contributed by atoms with E-state index in [1.165, 1.54) is 22.1 Å². The number of rotatable bonds is 5. The topological polar surface area (TPSA) is 24.5 Å². The number of nitrogens with zero attached hydrogens (tertiary/aromatic N) is 1. The van der Waals surface area contributed by atoms with E-state index in [1.807, 2.05) is 7.11 Å². The van der Waals surface area contributed by atoms with Gasteiger partial charge in [-0.05, 0) is 36.6 Å². The Kier molecular flexibility index (Phi) is 5.87. The highest BCUT2D eigenvalue weighted by Gasteiger charge is 2.26. The van der Waals surface area contributed by atoms with E-state index in [0.717, 1.165) is 26.2 Å². The van der Waals surface area contributed by atoms with Crippen molar-refractivity contribution in [3.63, 3.8) is 0 Å². The second kappa shape index (κ2) is 7.43. The third kappa shape index (κ3) is 3.74. The highest BCUT2D eigenvalue weighted by Crippen LogP contribution is 2.28. The van der Waals surface area contributed by atoms with Crippen molar-refractivity contribution in [1.82, 2.24) is 5.32 Å². The van der Waals surface area contributed by atoms with Gasteiger partial charge >= 0.3 is 0 Å². The fourth-order valence-electron chi connectivity index (χ4n) is 2.71. The van der Waals surface area contributed by atoms with Crippen LogP contribution in [0.15, 0.2) is 22.7 Å². The van der Waals surface area contributed by atoms with E-state index in [1.54, 1.807) is 0 Å². The van der Waals surface area contributed by atoms with Gasteiger partial charge in [0.25, 0.3) is 0 Å². The lowest BCUT2D eigenvalue weighted by atomic mass is 9.95. The molecule has 3 nitrogen and oxygen atoms in total. The molecule has 1 heterocycles. The Balaban J connectivity index is 2.07. The van der Waals surface area contributed by atoms with Gasteiger partial charge in [0.15, 0.2) is 0 Å². The lowest BCUT2D eigenvalue weighted by Gasteiger charge is -2.37. The molecule has 2 atom stereocenters. The predicted molar refractivity (Wildman–Crippen MR) is 88.3 cm³/mol. The van der Waals surface area contributed by atoms with Crippen LogP contribution >= 0.6 is 15.9 Å². The lowest BCUT2D eigenvalue weighted by Crippen LogP contribution is -2.43. The maximum absolute atomic E-state index is 5.60. The van der Waals surface area contributed by atoms with Crippen molar-refractivity contribution in [2.24, 2.45) is 5.92 Å². The van der Waals surface area contributed by atoms with Crippen molar-refractivity contribution in [3.8, 4) is 0 Å². The molecular weight excluding hydrogens is 316 g/mol. The molecule has 1 aliphatic rings. The van der Waals surface area contributed by atoms with Crippen molar-refractivity contribution in [3.05, 3.63) is 28.2 Å². The molecule has 1 N–H and O–H groups in total. The maximum atomic E-state index is 5.60. The van der Waals surface area contributed by atoms with Gasteiger partial charge in [0, 0.05) is 36.9 Å². The van der Waals surface area contributed by atoms with E-state index in [4.69, 9.17) is 4.74 Å². The molecule has 0 amide bonds. The van der Waals surface area contributed by atoms with E-state index in [0.29, 0.717) is 12.0 Å². The minimum Gasteiger partial charge on any atom is -0.379 e. The minimum atomic E-state index is 0.337. The molecule has 1 saturated heterocycles. The van der Waals surface area contributed by atoms with Crippen LogP contribution in [0.4, 0.5) is 5.69 Å². The van der Waals surface area contributed by atoms with E-state index < -0.39 is 0 Å². The molecule has 1 aromatic carbocycles. The normalized spacial score (nSPS) is 23.1. The third-order valence-corrected chi connectivity index (χ3v) is 4.90. The van der Waals surface area contributed by atoms with Gasteiger partial charge in [-0.2, -0.15) is 0 Å². The zero-order chi connectivity index (χ0) is 14.5. The fraction of sp³-hybridized carbons (Fsp3) is 0.625. The molecule has 2 rings (SSSR count). The van der Waals surface area contributed by atoms with Gasteiger partial charge in [-0.1, -0.05) is 35.8 Å². The van der Waals surface area contributed by atoms with Crippen LogP contribution in [0.5, 0.6) is 0 Å². The minimum absolute atomic E-state index is 0.337. The molecule has 112 valence electrons. The molecule has 20 heavy (non-hydrogen) atoms. The Labute approximate surface area is 130 Å². The average molecular weight is 341 g/mol. The number of ether oxygens (including phenoxy) is 1. The van der Waals surface area contributed by atoms with Crippen LogP contribution in [0.25, 0.3) is 0 Å². The predicted octanol–water partition coefficient (Wildman–Crippen LogP) is 3.42. The molecular formula is C16H25BrN2O. The number of piperidine rings is 1. The number of anilines is 1. The van der Waals surface area contributed by atoms with Gasteiger partial charge in [0.2, 0.25) is 0 Å². The highest BCUT2D eigenvalue weighted by atomic mass is 79.9. The number of hydrogen-bond acceptors (Lipinski definition) is 3. The third-order valence-electron chi connectivity index (χ3n) is 4.16. The number of benzene rings is 1. The van der Waals surface area contributed by atoms with E-state index in [-0.39, 0.29) is 0 Å². The van der Waals surface area contributed by atoms with Crippen LogP contribution in [0.3, 0.4) is 0 Å². The van der Waals surface area contributed by atoms with Gasteiger partial charge in [-0.25, -0.2) is 0 Å². The molecule has 0 radical (unpaired) electrons. The second-order valence-electron chi connectivity index (χ2n) is 5.54. The van der Waals surface area contributed by atoms with Crippen LogP contribution in [-0.4, -0.2) is 32.8 Å². The summed E-state index contributed by atoms with van der Waals surface area (Å²) in [7, 11) is 1.82. The van der Waals surface area contributed by atoms with Crippen molar-refractivity contribution < 1.29 is 4.74 Å². The molecule has 1 aromatic rings. The van der Waals surface area contributed by atoms with E-state index in [9.17, 15) is 0 Å². The summed E-state index contributed by atoms with van der Waals surface area (Å²) < 4.78 is 6.78. The monoisotopic (exact) mass is 340 g/mol. The largest absolute Gasteiger partial charge is 0.379 e. The van der Waals surface area contributed by atoms with Crippen LogP contribution in [0.1, 0.15) is 25.8 Å². The van der Waals surface area contributed by atoms with Crippen molar-refractivity contribution in [2.45, 2.75) is 32.9 Å². The molecule has 0 bridgehead atoms. The smallest absolute Gasteiger partial charge is 0.0772 e. The molecule has 0 spiro atoms. The fourth-order valence-corrected chi connectivity index (χ4v) is 3.22. The summed E-state index contributed by atoms with van der Waals surface area (Å²) in [6, 6.07) is 6.66. The van der Waals surface area contributed by atoms with Crippen LogP contribution < -0.4 is 10.2 Å². The highest BCUT2D eigenvalue weighted by molar-refractivity contribution is 9.10. The summed E-state index contributed by atoms with van der Waals surface area (Å²) in [6.07, 6.45) is 1.53. The maximum Gasteiger partial charge on any atom is 0.0772 e. The zero-order valence-electron chi connectivity index (χ0n) is 12.7. The standard InChI is InChI=1S/C16H25BrN2O/c1-4-18-10-13-5-6-14(9-15(13)17)19-8-7-12(2)16(11-19)20-3/h5-6,9,12,16,18H,4,7-8,10-11H2,1-3H3. The van der Waals surface area contributed by atoms with Gasteiger partial charge in [0.05, 0.1) is 6.10 Å². The van der Waals surface area contributed by atoms with Crippen molar-refractivity contribution in [2.75, 3.05) is 31.6 Å². The summed E-state index contributed by atoms with van der Waals surface area (Å²) in [6.45, 7) is 8.41. The second-order valence-corrected chi connectivity index (χ2v) is 6.40. The van der Waals surface area contributed by atoms with Crippen molar-refractivity contribution in [1.29, 1.82) is 0 Å². The van der Waals surface area contributed by atoms with E-state index in [2.05, 4.69) is 58.2 Å². The summed E-state index contributed by atoms with van der Waals surface area (Å²) in [5.41, 5.74) is 2.59. The Morgan fingerprint density at radius 3 is 2.90 bits per heavy atom. The number of hydrogen-bond donors (Lipinski definition) is 1. The summed E-state index contributed by atoms with van der Waals surface area (Å²) in [5.74, 6) is 0.646. The Hall–Kier alpha value is -0.580. The van der Waals surface area contributed by atoms with Crippen molar-refractivity contribution >= 4 is 21.6 Å². The summed E-state index contributed by atoms with van der Waals surface area (Å²) in [5, 5.41) is 3.36. The summed E-state index contributed by atoms with van der Waals surface area (Å²) in [4.78, 5) is 2.43. The van der Waals surface area contributed by atoms with Gasteiger partial charge in [-0.3, -0.25) is 0 Å². The molecule has 0 saturated carbocycles. The molecule has 4 heteroatoms. The van der Waals surface area contributed by atoms with Crippen LogP contribution in [0, 0.1) is 5.92 Å². The Bertz CT molecular complexity index is 438. The molecule has 1 fully saturated rings. The first-order valence-electron chi connectivity index (χ1n) is 7.42. The van der Waals surface area contributed by atoms with Crippen LogP contribution in [-0.2, 0) is 11.3 Å². The number of halogens is 1. The first-order valence-corrected chi connectivity index (χ1v) is 8.21. The number of methoxy groups -OCH3 is 1. The van der Waals surface area contributed by atoms with Gasteiger partial charge < -0.3 is 15.0 Å². The molecule has 1 aliphatic heterocycles. The van der Waals surface area contributed by atoms with E-state index >= 15 is 0 Å². The molecule has 0 aromatic heterocycles. The van der Waals surface area contributed by atoms with Crippen LogP contribution in [0.2, 0.25) is 0 Å². The molecule has 2 unspecified atom stereocenters.